The second-order valence-electron chi connectivity index (χ2n) is 11.5. The average molecular weight is 674 g/mol. The predicted molar refractivity (Wildman–Crippen MR) is 174 cm³/mol. The molecule has 1 saturated heterocycles. The lowest BCUT2D eigenvalue weighted by molar-refractivity contribution is -0.137. The first-order valence-electron chi connectivity index (χ1n) is 15.3. The number of fused-ring (bicyclic) bond motifs is 1. The van der Waals surface area contributed by atoms with Crippen molar-refractivity contribution in [3.05, 3.63) is 112 Å². The quantitative estimate of drug-likeness (QED) is 0.132. The highest BCUT2D eigenvalue weighted by atomic mass is 19.1. The maximum atomic E-state index is 15.1. The van der Waals surface area contributed by atoms with Crippen molar-refractivity contribution in [3.63, 3.8) is 0 Å². The number of nitrogens with zero attached hydrogens (tertiary/aromatic N) is 2. The van der Waals surface area contributed by atoms with Gasteiger partial charge in [-0.3, -0.25) is 15.0 Å². The molecule has 3 aromatic carbocycles. The number of aliphatic hydroxyl groups excluding tert-OH is 1. The second-order valence-corrected chi connectivity index (χ2v) is 11.5. The fraction of sp³-hybridized carbons (Fsp3) is 0.229. The van der Waals surface area contributed by atoms with Gasteiger partial charge in [0.05, 0.1) is 34.9 Å². The van der Waals surface area contributed by atoms with Crippen LogP contribution >= 0.6 is 0 Å². The van der Waals surface area contributed by atoms with Crippen LogP contribution in [0.1, 0.15) is 43.6 Å². The molecule has 1 fully saturated rings. The summed E-state index contributed by atoms with van der Waals surface area (Å²) in [5.41, 5.74) is -0.642. The summed E-state index contributed by atoms with van der Waals surface area (Å²) in [5, 5.41) is 24.4. The molecule has 0 bridgehead atoms. The van der Waals surface area contributed by atoms with Gasteiger partial charge in [-0.05, 0) is 74.4 Å². The number of carbonyl (C=O) groups is 1. The molecule has 49 heavy (non-hydrogen) atoms. The summed E-state index contributed by atoms with van der Waals surface area (Å²) in [5.74, 6) is -2.76. The molecule has 2 atom stereocenters. The number of halogens is 3. The molecule has 5 aromatic rings. The number of hydrogen-bond acceptors (Lipinski definition) is 10. The third-order valence-electron chi connectivity index (χ3n) is 7.67. The molecule has 6 rings (SSSR count). The Kier molecular flexibility index (Phi) is 9.42. The Morgan fingerprint density at radius 2 is 1.82 bits per heavy atom. The number of ether oxygens (including phenoxy) is 2. The number of amides is 1. The van der Waals surface area contributed by atoms with Gasteiger partial charge >= 0.3 is 0 Å². The van der Waals surface area contributed by atoms with E-state index in [9.17, 15) is 23.5 Å². The highest BCUT2D eigenvalue weighted by Gasteiger charge is 2.31. The third kappa shape index (κ3) is 7.15. The van der Waals surface area contributed by atoms with Crippen molar-refractivity contribution in [2.75, 3.05) is 10.6 Å². The summed E-state index contributed by atoms with van der Waals surface area (Å²) in [7, 11) is 0. The highest BCUT2D eigenvalue weighted by Crippen LogP contribution is 2.30. The number of anilines is 2. The smallest absolute Gasteiger partial charge is 0.254 e. The fourth-order valence-corrected chi connectivity index (χ4v) is 5.45. The van der Waals surface area contributed by atoms with Crippen molar-refractivity contribution >= 4 is 34.2 Å². The van der Waals surface area contributed by atoms with Crippen LogP contribution in [0.15, 0.2) is 76.2 Å². The topological polar surface area (TPSA) is 160 Å². The van der Waals surface area contributed by atoms with Gasteiger partial charge in [-0.2, -0.15) is 0 Å². The van der Waals surface area contributed by atoms with E-state index >= 15 is 4.39 Å². The van der Waals surface area contributed by atoms with Crippen molar-refractivity contribution in [3.8, 4) is 16.9 Å². The van der Waals surface area contributed by atoms with E-state index in [2.05, 4.69) is 20.6 Å². The summed E-state index contributed by atoms with van der Waals surface area (Å²) in [4.78, 5) is 35.2. The van der Waals surface area contributed by atoms with E-state index in [4.69, 9.17) is 19.3 Å². The fourth-order valence-electron chi connectivity index (χ4n) is 5.45. The Morgan fingerprint density at radius 1 is 1.04 bits per heavy atom. The molecule has 14 heteroatoms. The molecular formula is C35H30F3N5O6. The third-order valence-corrected chi connectivity index (χ3v) is 7.67. The van der Waals surface area contributed by atoms with E-state index in [0.717, 1.165) is 30.6 Å². The highest BCUT2D eigenvalue weighted by molar-refractivity contribution is 6.17. The minimum atomic E-state index is -1.11. The standard InChI is InChI=1S/C35H30F3N5O6/c1-17(2)47-25-8-6-19(13-23(25)38)31(39)30-33(41-16-42-34(30)43-35(46)26-10-11-28(44)49-26)40-15-27-29(18-4-3-5-20(36)12-18)32(45)22-14-21(37)7-9-24(22)48-27/h3-9,12-14,16-17,26,28,39,44H,10-11,15H2,1-2H3,(H2,40,41,42,43,46)/t26-,28-/m1/s1. The summed E-state index contributed by atoms with van der Waals surface area (Å²) in [6, 6.07) is 12.7. The lowest BCUT2D eigenvalue weighted by Gasteiger charge is -2.18. The van der Waals surface area contributed by atoms with Crippen LogP contribution in [0.25, 0.3) is 22.1 Å². The molecule has 3 heterocycles. The van der Waals surface area contributed by atoms with Crippen LogP contribution in [0.3, 0.4) is 0 Å². The van der Waals surface area contributed by atoms with E-state index in [0.29, 0.717) is 0 Å². The summed E-state index contributed by atoms with van der Waals surface area (Å²) in [6.45, 7) is 3.23. The minimum absolute atomic E-state index is 0.0161. The monoisotopic (exact) mass is 673 g/mol. The van der Waals surface area contributed by atoms with Crippen molar-refractivity contribution in [2.45, 2.75) is 51.7 Å². The first kappa shape index (κ1) is 33.3. The number of hydrogen-bond donors (Lipinski definition) is 4. The van der Waals surface area contributed by atoms with E-state index < -0.39 is 41.2 Å². The normalized spacial score (nSPS) is 15.8. The van der Waals surface area contributed by atoms with Crippen LogP contribution in [-0.2, 0) is 16.1 Å². The summed E-state index contributed by atoms with van der Waals surface area (Å²) < 4.78 is 60.3. The Morgan fingerprint density at radius 3 is 2.53 bits per heavy atom. The van der Waals surface area contributed by atoms with E-state index in [-0.39, 0.29) is 87.6 Å². The first-order valence-corrected chi connectivity index (χ1v) is 15.3. The zero-order chi connectivity index (χ0) is 34.8. The summed E-state index contributed by atoms with van der Waals surface area (Å²) in [6.07, 6.45) is -0.788. The van der Waals surface area contributed by atoms with Crippen molar-refractivity contribution in [1.29, 1.82) is 5.41 Å². The zero-order valence-corrected chi connectivity index (χ0v) is 26.2. The molecule has 0 spiro atoms. The Labute approximate surface area is 277 Å². The van der Waals surface area contributed by atoms with Gasteiger partial charge in [0.25, 0.3) is 5.91 Å². The van der Waals surface area contributed by atoms with Crippen LogP contribution < -0.4 is 20.8 Å². The van der Waals surface area contributed by atoms with Crippen LogP contribution in [-0.4, -0.2) is 45.2 Å². The van der Waals surface area contributed by atoms with Gasteiger partial charge in [0.1, 0.15) is 47.0 Å². The Hall–Kier alpha value is -5.60. The van der Waals surface area contributed by atoms with Gasteiger partial charge in [0.2, 0.25) is 5.43 Å². The lowest BCUT2D eigenvalue weighted by Crippen LogP contribution is -2.29. The van der Waals surface area contributed by atoms with E-state index in [1.165, 1.54) is 36.4 Å². The van der Waals surface area contributed by atoms with Gasteiger partial charge in [-0.1, -0.05) is 12.1 Å². The first-order chi connectivity index (χ1) is 23.5. The molecule has 0 radical (unpaired) electrons. The van der Waals surface area contributed by atoms with Crippen LogP contribution in [0.5, 0.6) is 5.75 Å². The average Bonchev–Trinajstić information content (AvgIpc) is 3.51. The molecule has 0 aliphatic carbocycles. The van der Waals surface area contributed by atoms with E-state index in [1.54, 1.807) is 13.8 Å². The molecule has 2 aromatic heterocycles. The number of rotatable bonds is 10. The van der Waals surface area contributed by atoms with Gasteiger partial charge < -0.3 is 29.6 Å². The van der Waals surface area contributed by atoms with Gasteiger partial charge in [-0.15, -0.1) is 0 Å². The molecule has 252 valence electrons. The maximum Gasteiger partial charge on any atom is 0.254 e. The SMILES string of the molecule is CC(C)Oc1ccc(C(=N)c2c(NCc3oc4ccc(F)cc4c(=O)c3-c3cccc(F)c3)ncnc2NC(=O)[C@H]2CC[C@H](O)O2)cc1F. The van der Waals surface area contributed by atoms with E-state index in [1.807, 2.05) is 0 Å². The van der Waals surface area contributed by atoms with Crippen LogP contribution in [0, 0.1) is 22.9 Å². The number of aromatic nitrogens is 2. The number of benzene rings is 3. The van der Waals surface area contributed by atoms with Crippen LogP contribution in [0.4, 0.5) is 24.8 Å². The number of carbonyl (C=O) groups excluding carboxylic acids is 1. The van der Waals surface area contributed by atoms with Crippen LogP contribution in [0.2, 0.25) is 0 Å². The van der Waals surface area contributed by atoms with Crippen molar-refractivity contribution in [1.82, 2.24) is 9.97 Å². The lowest BCUT2D eigenvalue weighted by atomic mass is 10.0. The summed E-state index contributed by atoms with van der Waals surface area (Å²) >= 11 is 0. The zero-order valence-electron chi connectivity index (χ0n) is 26.2. The molecular weight excluding hydrogens is 643 g/mol. The largest absolute Gasteiger partial charge is 0.488 e. The molecule has 4 N–H and O–H groups in total. The molecule has 11 nitrogen and oxygen atoms in total. The Bertz CT molecular complexity index is 2140. The van der Waals surface area contributed by atoms with Gasteiger partial charge in [0.15, 0.2) is 17.9 Å². The maximum absolute atomic E-state index is 15.1. The van der Waals surface area contributed by atoms with Crippen molar-refractivity contribution < 1.29 is 37.0 Å². The van der Waals surface area contributed by atoms with Gasteiger partial charge in [-0.25, -0.2) is 23.1 Å². The molecule has 1 amide bonds. The number of nitrogens with one attached hydrogen (secondary N) is 3. The minimum Gasteiger partial charge on any atom is -0.488 e. The Balaban J connectivity index is 1.42. The predicted octanol–water partition coefficient (Wildman–Crippen LogP) is 5.92. The molecule has 1 aliphatic rings. The molecule has 0 unspecified atom stereocenters. The molecule has 1 aliphatic heterocycles. The van der Waals surface area contributed by atoms with Gasteiger partial charge in [0, 0.05) is 12.0 Å². The second kappa shape index (κ2) is 13.9. The number of aliphatic hydroxyl groups is 1. The molecule has 0 saturated carbocycles. The van der Waals surface area contributed by atoms with Crippen molar-refractivity contribution in [2.24, 2.45) is 0 Å².